The first-order valence-corrected chi connectivity index (χ1v) is 13.4. The van der Waals surface area contributed by atoms with Gasteiger partial charge in [-0.25, -0.2) is 9.37 Å². The Hall–Kier alpha value is -3.43. The van der Waals surface area contributed by atoms with Crippen molar-refractivity contribution in [1.82, 2.24) is 19.7 Å². The van der Waals surface area contributed by atoms with Crippen LogP contribution in [0, 0.1) is 5.82 Å². The van der Waals surface area contributed by atoms with Crippen molar-refractivity contribution in [3.05, 3.63) is 82.6 Å². The SMILES string of the molecule is CCOc1ccc2nc(-c3ccc(OC)cc3)cc(-c3nnc(SCc4cc(F)ccc4Br)n3C)c2c1. The molecule has 5 rings (SSSR count). The number of pyridine rings is 1. The lowest BCUT2D eigenvalue weighted by Gasteiger charge is -2.12. The molecule has 0 N–H and O–H groups in total. The number of nitrogens with zero attached hydrogens (tertiary/aromatic N) is 4. The van der Waals surface area contributed by atoms with Crippen molar-refractivity contribution < 1.29 is 13.9 Å². The summed E-state index contributed by atoms with van der Waals surface area (Å²) in [6.07, 6.45) is 0. The smallest absolute Gasteiger partial charge is 0.191 e. The van der Waals surface area contributed by atoms with Gasteiger partial charge >= 0.3 is 0 Å². The second-order valence-electron chi connectivity index (χ2n) is 8.29. The van der Waals surface area contributed by atoms with Crippen LogP contribution in [0.2, 0.25) is 0 Å². The standard InChI is InChI=1S/C28H24BrFN4O2S/c1-4-36-21-10-12-25-22(14-21)23(15-26(31-25)17-5-8-20(35-3)9-6-17)27-32-33-28(34(27)2)37-16-18-13-19(30)7-11-24(18)29/h5-15H,4,16H2,1-3H3. The Kier molecular flexibility index (Phi) is 7.43. The molecule has 0 saturated heterocycles. The van der Waals surface area contributed by atoms with E-state index >= 15 is 0 Å². The summed E-state index contributed by atoms with van der Waals surface area (Å²) in [5.41, 5.74) is 4.35. The first kappa shape index (κ1) is 25.2. The highest BCUT2D eigenvalue weighted by Gasteiger charge is 2.18. The van der Waals surface area contributed by atoms with Crippen LogP contribution < -0.4 is 9.47 Å². The number of benzene rings is 3. The summed E-state index contributed by atoms with van der Waals surface area (Å²) in [7, 11) is 3.58. The fraction of sp³-hybridized carbons (Fsp3) is 0.179. The largest absolute Gasteiger partial charge is 0.497 e. The second-order valence-corrected chi connectivity index (χ2v) is 10.1. The van der Waals surface area contributed by atoms with Crippen LogP contribution in [0.15, 0.2) is 76.4 Å². The molecule has 0 aliphatic carbocycles. The van der Waals surface area contributed by atoms with Crippen molar-refractivity contribution in [2.24, 2.45) is 7.05 Å². The van der Waals surface area contributed by atoms with Crippen LogP contribution >= 0.6 is 27.7 Å². The summed E-state index contributed by atoms with van der Waals surface area (Å²) in [5, 5.41) is 10.6. The van der Waals surface area contributed by atoms with E-state index < -0.39 is 0 Å². The topological polar surface area (TPSA) is 62.1 Å². The van der Waals surface area contributed by atoms with E-state index in [1.54, 1.807) is 13.2 Å². The number of thioether (sulfide) groups is 1. The molecule has 37 heavy (non-hydrogen) atoms. The quantitative estimate of drug-likeness (QED) is 0.180. The van der Waals surface area contributed by atoms with Crippen LogP contribution in [-0.2, 0) is 12.8 Å². The van der Waals surface area contributed by atoms with Gasteiger partial charge in [-0.1, -0.05) is 27.7 Å². The summed E-state index contributed by atoms with van der Waals surface area (Å²) in [4.78, 5) is 4.92. The lowest BCUT2D eigenvalue weighted by molar-refractivity contribution is 0.340. The van der Waals surface area contributed by atoms with Gasteiger partial charge in [0.05, 0.1) is 24.9 Å². The van der Waals surface area contributed by atoms with E-state index in [9.17, 15) is 4.39 Å². The summed E-state index contributed by atoms with van der Waals surface area (Å²) in [5.74, 6) is 2.54. The molecule has 0 bridgehead atoms. The number of fused-ring (bicyclic) bond motifs is 1. The molecule has 6 nitrogen and oxygen atoms in total. The average Bonchev–Trinajstić information content (AvgIpc) is 3.28. The molecule has 0 amide bonds. The van der Waals surface area contributed by atoms with Gasteiger partial charge in [-0.2, -0.15) is 0 Å². The fourth-order valence-corrected chi connectivity index (χ4v) is 5.50. The molecular formula is C28H24BrFN4O2S. The maximum absolute atomic E-state index is 13.7. The van der Waals surface area contributed by atoms with Crippen molar-refractivity contribution in [2.75, 3.05) is 13.7 Å². The van der Waals surface area contributed by atoms with Crippen molar-refractivity contribution in [1.29, 1.82) is 0 Å². The zero-order valence-corrected chi connectivity index (χ0v) is 22.9. The predicted octanol–water partition coefficient (Wildman–Crippen LogP) is 7.30. The van der Waals surface area contributed by atoms with Gasteiger partial charge in [-0.15, -0.1) is 10.2 Å². The molecule has 0 aliphatic heterocycles. The van der Waals surface area contributed by atoms with E-state index in [1.165, 1.54) is 23.9 Å². The lowest BCUT2D eigenvalue weighted by atomic mass is 10.0. The minimum Gasteiger partial charge on any atom is -0.497 e. The Bertz CT molecular complexity index is 1570. The van der Waals surface area contributed by atoms with Crippen molar-refractivity contribution >= 4 is 38.6 Å². The Morgan fingerprint density at radius 2 is 1.76 bits per heavy atom. The monoisotopic (exact) mass is 578 g/mol. The van der Waals surface area contributed by atoms with Gasteiger partial charge in [0.15, 0.2) is 11.0 Å². The van der Waals surface area contributed by atoms with Gasteiger partial charge < -0.3 is 14.0 Å². The molecular weight excluding hydrogens is 555 g/mol. The van der Waals surface area contributed by atoms with Gasteiger partial charge in [0.25, 0.3) is 0 Å². The van der Waals surface area contributed by atoms with Crippen LogP contribution in [0.3, 0.4) is 0 Å². The highest BCUT2D eigenvalue weighted by Crippen LogP contribution is 2.35. The maximum Gasteiger partial charge on any atom is 0.191 e. The molecule has 3 aromatic carbocycles. The minimum atomic E-state index is -0.267. The summed E-state index contributed by atoms with van der Waals surface area (Å²) in [6, 6.07) is 20.4. The molecule has 2 aromatic heterocycles. The number of ether oxygens (including phenoxy) is 2. The minimum absolute atomic E-state index is 0.267. The molecule has 5 aromatic rings. The van der Waals surface area contributed by atoms with Gasteiger partial charge in [0.2, 0.25) is 0 Å². The number of halogens is 2. The molecule has 9 heteroatoms. The number of aromatic nitrogens is 4. The van der Waals surface area contributed by atoms with E-state index in [-0.39, 0.29) is 5.82 Å². The third-order valence-electron chi connectivity index (χ3n) is 5.92. The third-order valence-corrected chi connectivity index (χ3v) is 7.76. The summed E-state index contributed by atoms with van der Waals surface area (Å²) >= 11 is 5.00. The third kappa shape index (κ3) is 5.33. The highest BCUT2D eigenvalue weighted by molar-refractivity contribution is 9.10. The molecule has 2 heterocycles. The zero-order valence-electron chi connectivity index (χ0n) is 20.5. The molecule has 0 atom stereocenters. The lowest BCUT2D eigenvalue weighted by Crippen LogP contribution is -1.98. The van der Waals surface area contributed by atoms with Crippen molar-refractivity contribution in [3.8, 4) is 34.1 Å². The van der Waals surface area contributed by atoms with Gasteiger partial charge in [0.1, 0.15) is 17.3 Å². The predicted molar refractivity (Wildman–Crippen MR) is 149 cm³/mol. The Morgan fingerprint density at radius 3 is 2.51 bits per heavy atom. The van der Waals surface area contributed by atoms with E-state index in [0.717, 1.165) is 54.4 Å². The van der Waals surface area contributed by atoms with Crippen LogP contribution in [-0.4, -0.2) is 33.5 Å². The molecule has 0 spiro atoms. The number of rotatable bonds is 8. The van der Waals surface area contributed by atoms with E-state index in [1.807, 2.05) is 67.1 Å². The average molecular weight is 579 g/mol. The van der Waals surface area contributed by atoms with E-state index in [0.29, 0.717) is 18.2 Å². The van der Waals surface area contributed by atoms with Gasteiger partial charge in [0, 0.05) is 33.8 Å². The van der Waals surface area contributed by atoms with Gasteiger partial charge in [-0.05, 0) is 79.2 Å². The molecule has 188 valence electrons. The van der Waals surface area contributed by atoms with Gasteiger partial charge in [-0.3, -0.25) is 0 Å². The number of methoxy groups -OCH3 is 1. The van der Waals surface area contributed by atoms with E-state index in [4.69, 9.17) is 14.5 Å². The van der Waals surface area contributed by atoms with Crippen molar-refractivity contribution in [2.45, 2.75) is 17.8 Å². The van der Waals surface area contributed by atoms with Crippen LogP contribution in [0.25, 0.3) is 33.5 Å². The first-order chi connectivity index (χ1) is 18.0. The Balaban J connectivity index is 1.57. The summed E-state index contributed by atoms with van der Waals surface area (Å²) < 4.78 is 27.6. The Labute approximate surface area is 227 Å². The normalized spacial score (nSPS) is 11.2. The number of hydrogen-bond acceptors (Lipinski definition) is 6. The Morgan fingerprint density at radius 1 is 0.973 bits per heavy atom. The molecule has 0 fully saturated rings. The zero-order chi connectivity index (χ0) is 25.9. The number of hydrogen-bond donors (Lipinski definition) is 0. The maximum atomic E-state index is 13.7. The van der Waals surface area contributed by atoms with Crippen molar-refractivity contribution in [3.63, 3.8) is 0 Å². The molecule has 0 saturated carbocycles. The molecule has 0 unspecified atom stereocenters. The highest BCUT2D eigenvalue weighted by atomic mass is 79.9. The first-order valence-electron chi connectivity index (χ1n) is 11.7. The van der Waals surface area contributed by atoms with Crippen LogP contribution in [0.1, 0.15) is 12.5 Å². The molecule has 0 aliphatic rings. The fourth-order valence-electron chi connectivity index (χ4n) is 4.03. The van der Waals surface area contributed by atoms with E-state index in [2.05, 4.69) is 26.1 Å². The summed E-state index contributed by atoms with van der Waals surface area (Å²) in [6.45, 7) is 2.53. The second kappa shape index (κ2) is 10.9. The van der Waals surface area contributed by atoms with Crippen LogP contribution in [0.4, 0.5) is 4.39 Å². The molecule has 0 radical (unpaired) electrons. The van der Waals surface area contributed by atoms with Crippen LogP contribution in [0.5, 0.6) is 11.5 Å².